The maximum Gasteiger partial charge on any atom is 0.340 e. The molecule has 0 aliphatic carbocycles. The summed E-state index contributed by atoms with van der Waals surface area (Å²) in [4.78, 5) is 16.1. The van der Waals surface area contributed by atoms with Crippen molar-refractivity contribution in [2.45, 2.75) is 6.54 Å². The zero-order valence-corrected chi connectivity index (χ0v) is 14.9. The van der Waals surface area contributed by atoms with Gasteiger partial charge in [-0.15, -0.1) is 0 Å². The summed E-state index contributed by atoms with van der Waals surface area (Å²) in [5.41, 5.74) is 1.85. The molecule has 0 spiro atoms. The molecule has 7 heteroatoms. The molecule has 0 radical (unpaired) electrons. The summed E-state index contributed by atoms with van der Waals surface area (Å²) in [5.74, 6) is -0.442. The lowest BCUT2D eigenvalue weighted by Crippen LogP contribution is -2.09. The van der Waals surface area contributed by atoms with Gasteiger partial charge < -0.3 is 10.1 Å². The van der Waals surface area contributed by atoms with Gasteiger partial charge in [-0.3, -0.25) is 4.98 Å². The summed E-state index contributed by atoms with van der Waals surface area (Å²) < 4.78 is 6.52. The molecular weight excluding hydrogens is 423 g/mol. The predicted octanol–water partition coefficient (Wildman–Crippen LogP) is 4.66. The Morgan fingerprint density at radius 3 is 2.81 bits per heavy atom. The van der Waals surface area contributed by atoms with E-state index in [1.807, 2.05) is 6.07 Å². The minimum absolute atomic E-state index is 0.387. The van der Waals surface area contributed by atoms with Crippen molar-refractivity contribution in [3.63, 3.8) is 0 Å². The van der Waals surface area contributed by atoms with Crippen LogP contribution in [-0.2, 0) is 11.3 Å². The van der Waals surface area contributed by atoms with Crippen LogP contribution in [0.2, 0.25) is 5.02 Å². The second-order valence-electron chi connectivity index (χ2n) is 4.12. The molecule has 0 aliphatic heterocycles. The number of carbonyl (C=O) groups excluding carboxylic acids is 1. The Morgan fingerprint density at radius 1 is 1.38 bits per heavy atom. The number of benzene rings is 1. The molecule has 2 rings (SSSR count). The van der Waals surface area contributed by atoms with Crippen LogP contribution >= 0.6 is 43.5 Å². The standard InChI is InChI=1S/C14H11Br2ClN2O2/c1-21-14(20)10-5-9(17)2-3-12(10)19-7-13-11(16)4-8(15)6-18-13/h2-6,19H,7H2,1H3. The lowest BCUT2D eigenvalue weighted by molar-refractivity contribution is 0.0602. The molecule has 2 aromatic rings. The van der Waals surface area contributed by atoms with Gasteiger partial charge in [0.2, 0.25) is 0 Å². The number of esters is 1. The number of nitrogens with zero attached hydrogens (tertiary/aromatic N) is 1. The van der Waals surface area contributed by atoms with E-state index >= 15 is 0 Å². The number of pyridine rings is 1. The first-order valence-electron chi connectivity index (χ1n) is 5.93. The molecule has 0 atom stereocenters. The van der Waals surface area contributed by atoms with Gasteiger partial charge in [-0.05, 0) is 56.1 Å². The van der Waals surface area contributed by atoms with E-state index < -0.39 is 5.97 Å². The lowest BCUT2D eigenvalue weighted by atomic mass is 10.1. The number of rotatable bonds is 4. The van der Waals surface area contributed by atoms with Crippen molar-refractivity contribution < 1.29 is 9.53 Å². The highest BCUT2D eigenvalue weighted by atomic mass is 79.9. The van der Waals surface area contributed by atoms with Crippen LogP contribution in [0.1, 0.15) is 16.1 Å². The Labute approximate surface area is 144 Å². The second kappa shape index (κ2) is 7.24. The molecule has 110 valence electrons. The number of aromatic nitrogens is 1. The Hall–Kier alpha value is -1.11. The molecule has 0 saturated carbocycles. The number of halogens is 3. The SMILES string of the molecule is COC(=O)c1cc(Cl)ccc1NCc1ncc(Br)cc1Br. The summed E-state index contributed by atoms with van der Waals surface area (Å²) in [6, 6.07) is 6.93. The number of carbonyl (C=O) groups is 1. The third-order valence-electron chi connectivity index (χ3n) is 2.72. The van der Waals surface area contributed by atoms with E-state index in [1.165, 1.54) is 7.11 Å². The molecular formula is C14H11Br2ClN2O2. The average molecular weight is 435 g/mol. The van der Waals surface area contributed by atoms with Crippen LogP contribution in [0, 0.1) is 0 Å². The Balaban J connectivity index is 2.21. The number of methoxy groups -OCH3 is 1. The number of nitrogens with one attached hydrogen (secondary N) is 1. The van der Waals surface area contributed by atoms with Gasteiger partial charge in [0.05, 0.1) is 24.9 Å². The molecule has 1 N–H and O–H groups in total. The first-order valence-corrected chi connectivity index (χ1v) is 7.89. The monoisotopic (exact) mass is 432 g/mol. The predicted molar refractivity (Wildman–Crippen MR) is 89.8 cm³/mol. The van der Waals surface area contributed by atoms with Crippen molar-refractivity contribution in [1.29, 1.82) is 0 Å². The summed E-state index contributed by atoms with van der Waals surface area (Å²) in [6.45, 7) is 0.458. The van der Waals surface area contributed by atoms with E-state index in [2.05, 4.69) is 42.2 Å². The molecule has 1 heterocycles. The van der Waals surface area contributed by atoms with Crippen molar-refractivity contribution in [1.82, 2.24) is 4.98 Å². The van der Waals surface area contributed by atoms with Crippen LogP contribution < -0.4 is 5.32 Å². The van der Waals surface area contributed by atoms with E-state index in [0.717, 1.165) is 14.6 Å². The van der Waals surface area contributed by atoms with Gasteiger partial charge in [0, 0.05) is 25.9 Å². The number of ether oxygens (including phenoxy) is 1. The molecule has 0 bridgehead atoms. The van der Waals surface area contributed by atoms with Crippen LogP contribution in [0.3, 0.4) is 0 Å². The van der Waals surface area contributed by atoms with Crippen molar-refractivity contribution in [3.05, 3.63) is 55.7 Å². The van der Waals surface area contributed by atoms with E-state index in [0.29, 0.717) is 22.8 Å². The van der Waals surface area contributed by atoms with Gasteiger partial charge in [-0.25, -0.2) is 4.79 Å². The maximum absolute atomic E-state index is 11.8. The van der Waals surface area contributed by atoms with Gasteiger partial charge in [0.25, 0.3) is 0 Å². The Kier molecular flexibility index (Phi) is 5.61. The third-order valence-corrected chi connectivity index (χ3v) is 4.07. The van der Waals surface area contributed by atoms with Gasteiger partial charge in [-0.2, -0.15) is 0 Å². The van der Waals surface area contributed by atoms with Gasteiger partial charge >= 0.3 is 5.97 Å². The van der Waals surface area contributed by atoms with Crippen LogP contribution in [0.5, 0.6) is 0 Å². The quantitative estimate of drug-likeness (QED) is 0.712. The van der Waals surface area contributed by atoms with E-state index in [9.17, 15) is 4.79 Å². The topological polar surface area (TPSA) is 51.2 Å². The smallest absolute Gasteiger partial charge is 0.340 e. The fourth-order valence-electron chi connectivity index (χ4n) is 1.70. The fourth-order valence-corrected chi connectivity index (χ4v) is 3.00. The number of anilines is 1. The Bertz CT molecular complexity index is 680. The van der Waals surface area contributed by atoms with Gasteiger partial charge in [-0.1, -0.05) is 11.6 Å². The average Bonchev–Trinajstić information content (AvgIpc) is 2.46. The minimum atomic E-state index is -0.442. The van der Waals surface area contributed by atoms with Crippen LogP contribution in [-0.4, -0.2) is 18.1 Å². The number of hydrogen-bond donors (Lipinski definition) is 1. The summed E-state index contributed by atoms with van der Waals surface area (Å²) in [5, 5.41) is 3.64. The molecule has 4 nitrogen and oxygen atoms in total. The molecule has 0 unspecified atom stereocenters. The van der Waals surface area contributed by atoms with Crippen molar-refractivity contribution in [2.75, 3.05) is 12.4 Å². The molecule has 0 aliphatic rings. The first kappa shape index (κ1) is 16.3. The minimum Gasteiger partial charge on any atom is -0.465 e. The Morgan fingerprint density at radius 2 is 2.14 bits per heavy atom. The lowest BCUT2D eigenvalue weighted by Gasteiger charge is -2.11. The highest BCUT2D eigenvalue weighted by Crippen LogP contribution is 2.24. The van der Waals surface area contributed by atoms with Gasteiger partial charge in [0.15, 0.2) is 0 Å². The highest BCUT2D eigenvalue weighted by molar-refractivity contribution is 9.11. The maximum atomic E-state index is 11.8. The first-order chi connectivity index (χ1) is 10.0. The summed E-state index contributed by atoms with van der Waals surface area (Å²) >= 11 is 12.7. The molecule has 1 aromatic carbocycles. The summed E-state index contributed by atoms with van der Waals surface area (Å²) in [7, 11) is 1.33. The zero-order valence-electron chi connectivity index (χ0n) is 11.0. The van der Waals surface area contributed by atoms with Crippen LogP contribution in [0.15, 0.2) is 39.4 Å². The van der Waals surface area contributed by atoms with Gasteiger partial charge in [0.1, 0.15) is 0 Å². The fraction of sp³-hybridized carbons (Fsp3) is 0.143. The third kappa shape index (κ3) is 4.18. The van der Waals surface area contributed by atoms with E-state index in [4.69, 9.17) is 16.3 Å². The van der Waals surface area contributed by atoms with Crippen LogP contribution in [0.25, 0.3) is 0 Å². The van der Waals surface area contributed by atoms with Crippen molar-refractivity contribution in [2.24, 2.45) is 0 Å². The number of hydrogen-bond acceptors (Lipinski definition) is 4. The highest BCUT2D eigenvalue weighted by Gasteiger charge is 2.13. The normalized spacial score (nSPS) is 10.3. The molecule has 0 fully saturated rings. The zero-order chi connectivity index (χ0) is 15.4. The molecule has 1 aromatic heterocycles. The van der Waals surface area contributed by atoms with Crippen molar-refractivity contribution in [3.8, 4) is 0 Å². The molecule has 0 amide bonds. The molecule has 21 heavy (non-hydrogen) atoms. The second-order valence-corrected chi connectivity index (χ2v) is 6.32. The largest absolute Gasteiger partial charge is 0.465 e. The van der Waals surface area contributed by atoms with E-state index in [1.54, 1.807) is 24.4 Å². The van der Waals surface area contributed by atoms with Crippen LogP contribution in [0.4, 0.5) is 5.69 Å². The molecule has 0 saturated heterocycles. The van der Waals surface area contributed by atoms with E-state index in [-0.39, 0.29) is 0 Å². The van der Waals surface area contributed by atoms with Crippen molar-refractivity contribution >= 4 is 55.1 Å². The summed E-state index contributed by atoms with van der Waals surface area (Å²) in [6.07, 6.45) is 1.71.